The minimum atomic E-state index is -2.61. The Bertz CT molecular complexity index is 1370. The summed E-state index contributed by atoms with van der Waals surface area (Å²) in [4.78, 5) is 34.1. The van der Waals surface area contributed by atoms with Crippen molar-refractivity contribution < 1.29 is 18.1 Å². The molecule has 0 spiro atoms. The lowest BCUT2D eigenvalue weighted by molar-refractivity contribution is -0.110. The van der Waals surface area contributed by atoms with Crippen molar-refractivity contribution in [2.45, 2.75) is 93.1 Å². The van der Waals surface area contributed by atoms with Gasteiger partial charge in [0.05, 0.1) is 16.8 Å². The van der Waals surface area contributed by atoms with Gasteiger partial charge in [-0.25, -0.2) is 4.39 Å². The number of hydrogen-bond donors (Lipinski definition) is 2. The molecule has 7 heteroatoms. The second-order valence-electron chi connectivity index (χ2n) is 11.7. The zero-order valence-corrected chi connectivity index (χ0v) is 24.5. The van der Waals surface area contributed by atoms with Crippen LogP contribution in [0, 0.1) is 26.5 Å². The molecule has 3 rings (SSSR count). The first kappa shape index (κ1) is 25.4. The van der Waals surface area contributed by atoms with Gasteiger partial charge in [0.2, 0.25) is 0 Å². The summed E-state index contributed by atoms with van der Waals surface area (Å²) in [6.07, 6.45) is 2.51. The summed E-state index contributed by atoms with van der Waals surface area (Å²) in [6.45, 7) is 16.4. The maximum absolute atomic E-state index is 14.7. The van der Waals surface area contributed by atoms with Gasteiger partial charge in [-0.3, -0.25) is 14.5 Å². The number of carbonyl (C=O) groups is 2. The zero-order chi connectivity index (χ0) is 31.2. The van der Waals surface area contributed by atoms with Gasteiger partial charge in [0.15, 0.2) is 0 Å². The molecule has 0 bridgehead atoms. The standard InChI is InChI=1S/C31H45FN4O2/c1-12-13-36(18(4)5)31(9,10)16-35(11)30(38)27-21(8)33-25(26(27)17(2)3)15-23-22-14-24(32)19(6)20(7)28(22)34-29(23)37/h14-15,17-18,33H,12-13,16H2,1-11H3,(H,34,37)/b23-15-/i8D3. The quantitative estimate of drug-likeness (QED) is 0.358. The number of fused-ring (bicyclic) bond motifs is 1. The van der Waals surface area contributed by atoms with Gasteiger partial charge in [-0.1, -0.05) is 20.8 Å². The van der Waals surface area contributed by atoms with Gasteiger partial charge in [-0.2, -0.15) is 0 Å². The number of aryl methyl sites for hydroxylation is 1. The number of carbonyl (C=O) groups excluding carboxylic acids is 2. The Labute approximate surface area is 231 Å². The fraction of sp³-hybridized carbons (Fsp3) is 0.548. The zero-order valence-electron chi connectivity index (χ0n) is 27.5. The van der Waals surface area contributed by atoms with Gasteiger partial charge in [0, 0.05) is 46.2 Å². The lowest BCUT2D eigenvalue weighted by atomic mass is 9.94. The van der Waals surface area contributed by atoms with E-state index in [0.29, 0.717) is 40.2 Å². The van der Waals surface area contributed by atoms with Crippen molar-refractivity contribution in [3.8, 4) is 0 Å². The fourth-order valence-corrected chi connectivity index (χ4v) is 5.74. The van der Waals surface area contributed by atoms with Crippen LogP contribution < -0.4 is 5.32 Å². The molecule has 1 aromatic carbocycles. The van der Waals surface area contributed by atoms with Gasteiger partial charge in [-0.15, -0.1) is 0 Å². The van der Waals surface area contributed by atoms with Gasteiger partial charge in [0.25, 0.3) is 11.8 Å². The van der Waals surface area contributed by atoms with E-state index in [9.17, 15) is 14.0 Å². The molecule has 1 aliphatic rings. The van der Waals surface area contributed by atoms with Crippen LogP contribution in [0.1, 0.15) is 109 Å². The van der Waals surface area contributed by atoms with Crippen LogP contribution >= 0.6 is 0 Å². The molecule has 0 radical (unpaired) electrons. The molecule has 0 atom stereocenters. The van der Waals surface area contributed by atoms with E-state index < -0.39 is 24.5 Å². The Kier molecular flexibility index (Phi) is 7.37. The van der Waals surface area contributed by atoms with Crippen LogP contribution in [0.4, 0.5) is 10.1 Å². The molecule has 0 fully saturated rings. The van der Waals surface area contributed by atoms with Crippen LogP contribution in [0.3, 0.4) is 0 Å². The molecule has 0 saturated heterocycles. The number of anilines is 1. The molecule has 2 amide bonds. The summed E-state index contributed by atoms with van der Waals surface area (Å²) in [5.41, 5.74) is 2.68. The van der Waals surface area contributed by atoms with Gasteiger partial charge in [-0.05, 0) is 96.1 Å². The van der Waals surface area contributed by atoms with E-state index in [4.69, 9.17) is 4.11 Å². The van der Waals surface area contributed by atoms with Crippen molar-refractivity contribution in [2.24, 2.45) is 0 Å². The van der Waals surface area contributed by atoms with Crippen molar-refractivity contribution in [3.05, 3.63) is 51.1 Å². The molecular formula is C31H45FN4O2. The summed E-state index contributed by atoms with van der Waals surface area (Å²) in [5.74, 6) is -1.49. The summed E-state index contributed by atoms with van der Waals surface area (Å²) in [5, 5.41) is 2.82. The number of aromatic amines is 1. The monoisotopic (exact) mass is 527 g/mol. The number of aromatic nitrogens is 1. The normalized spacial score (nSPS) is 16.2. The topological polar surface area (TPSA) is 68.4 Å². The van der Waals surface area contributed by atoms with Gasteiger partial charge >= 0.3 is 0 Å². The SMILES string of the molecule is [2H]C([2H])([2H])c1[nH]c(/C=C2\C(=O)Nc3c2cc(F)c(C)c3C)c(C(C)C)c1C(=O)N(C)CC(C)(C)N(CCC)C(C)C. The summed E-state index contributed by atoms with van der Waals surface area (Å²) in [6, 6.07) is 1.59. The smallest absolute Gasteiger partial charge is 0.256 e. The van der Waals surface area contributed by atoms with E-state index in [-0.39, 0.29) is 34.3 Å². The van der Waals surface area contributed by atoms with Crippen molar-refractivity contribution >= 4 is 29.2 Å². The molecule has 2 heterocycles. The van der Waals surface area contributed by atoms with Crippen LogP contribution in [0.25, 0.3) is 11.6 Å². The van der Waals surface area contributed by atoms with Crippen molar-refractivity contribution in [1.29, 1.82) is 0 Å². The van der Waals surface area contributed by atoms with E-state index in [0.717, 1.165) is 13.0 Å². The summed E-state index contributed by atoms with van der Waals surface area (Å²) in [7, 11) is 1.70. The molecular weight excluding hydrogens is 479 g/mol. The van der Waals surface area contributed by atoms with Crippen LogP contribution in [0.15, 0.2) is 6.07 Å². The Morgan fingerprint density at radius 1 is 1.21 bits per heavy atom. The Morgan fingerprint density at radius 3 is 2.42 bits per heavy atom. The molecule has 2 aromatic rings. The van der Waals surface area contributed by atoms with Crippen molar-refractivity contribution in [1.82, 2.24) is 14.8 Å². The molecule has 1 aromatic heterocycles. The third-order valence-electron chi connectivity index (χ3n) is 7.59. The van der Waals surface area contributed by atoms with E-state index in [1.165, 1.54) is 6.07 Å². The average Bonchev–Trinajstić information content (AvgIpc) is 3.38. The highest BCUT2D eigenvalue weighted by Crippen LogP contribution is 2.39. The number of H-pyrrole nitrogens is 1. The highest BCUT2D eigenvalue weighted by Gasteiger charge is 2.34. The molecule has 2 N–H and O–H groups in total. The number of nitrogens with zero attached hydrogens (tertiary/aromatic N) is 2. The van der Waals surface area contributed by atoms with Crippen LogP contribution in [0.2, 0.25) is 0 Å². The molecule has 208 valence electrons. The van der Waals surface area contributed by atoms with Crippen LogP contribution in [-0.4, -0.2) is 58.3 Å². The van der Waals surface area contributed by atoms with E-state index in [1.807, 2.05) is 13.8 Å². The van der Waals surface area contributed by atoms with Crippen LogP contribution in [-0.2, 0) is 4.79 Å². The number of likely N-dealkylation sites (N-methyl/N-ethyl adjacent to an activating group) is 1. The maximum Gasteiger partial charge on any atom is 0.256 e. The number of halogens is 1. The van der Waals surface area contributed by atoms with Crippen molar-refractivity contribution in [3.63, 3.8) is 0 Å². The van der Waals surface area contributed by atoms with E-state index in [2.05, 4.69) is 49.8 Å². The molecule has 38 heavy (non-hydrogen) atoms. The number of nitrogens with one attached hydrogen (secondary N) is 2. The second kappa shape index (κ2) is 11.0. The number of hydrogen-bond acceptors (Lipinski definition) is 3. The minimum Gasteiger partial charge on any atom is -0.358 e. The number of rotatable bonds is 9. The van der Waals surface area contributed by atoms with E-state index in [1.54, 1.807) is 31.9 Å². The predicted molar refractivity (Wildman–Crippen MR) is 155 cm³/mol. The molecule has 0 aliphatic carbocycles. The van der Waals surface area contributed by atoms with E-state index >= 15 is 0 Å². The highest BCUT2D eigenvalue weighted by molar-refractivity contribution is 6.35. The molecule has 0 unspecified atom stereocenters. The number of amides is 2. The van der Waals surface area contributed by atoms with Crippen molar-refractivity contribution in [2.75, 3.05) is 25.5 Å². The highest BCUT2D eigenvalue weighted by atomic mass is 19.1. The van der Waals surface area contributed by atoms with Gasteiger partial charge in [0.1, 0.15) is 5.82 Å². The largest absolute Gasteiger partial charge is 0.358 e. The van der Waals surface area contributed by atoms with Crippen LogP contribution in [0.5, 0.6) is 0 Å². The minimum absolute atomic E-state index is 0.0987. The predicted octanol–water partition coefficient (Wildman–Crippen LogP) is 6.67. The lowest BCUT2D eigenvalue weighted by Gasteiger charge is -2.43. The first-order chi connectivity index (χ1) is 18.8. The third-order valence-corrected chi connectivity index (χ3v) is 7.59. The summed E-state index contributed by atoms with van der Waals surface area (Å²) < 4.78 is 39.4. The maximum atomic E-state index is 14.7. The fourth-order valence-electron chi connectivity index (χ4n) is 5.74. The third kappa shape index (κ3) is 5.44. The lowest BCUT2D eigenvalue weighted by Crippen LogP contribution is -2.55. The molecule has 0 saturated carbocycles. The second-order valence-corrected chi connectivity index (χ2v) is 11.7. The average molecular weight is 528 g/mol. The first-order valence-corrected chi connectivity index (χ1v) is 13.4. The Morgan fingerprint density at radius 2 is 1.87 bits per heavy atom. The first-order valence-electron chi connectivity index (χ1n) is 14.9. The molecule has 6 nitrogen and oxygen atoms in total. The molecule has 1 aliphatic heterocycles. The number of benzene rings is 1. The Hall–Kier alpha value is -2.93. The van der Waals surface area contributed by atoms with Gasteiger partial charge < -0.3 is 15.2 Å². The Balaban J connectivity index is 2.18. The summed E-state index contributed by atoms with van der Waals surface area (Å²) >= 11 is 0.